The lowest BCUT2D eigenvalue weighted by Gasteiger charge is -2.30. The molecule has 2 fully saturated rings. The van der Waals surface area contributed by atoms with E-state index in [4.69, 9.17) is 0 Å². The van der Waals surface area contributed by atoms with Crippen molar-refractivity contribution in [2.75, 3.05) is 39.3 Å². The van der Waals surface area contributed by atoms with Crippen LogP contribution >= 0.6 is 0 Å². The van der Waals surface area contributed by atoms with Crippen LogP contribution in [0, 0.1) is 5.92 Å². The summed E-state index contributed by atoms with van der Waals surface area (Å²) >= 11 is 0. The fourth-order valence-electron chi connectivity index (χ4n) is 3.85. The Morgan fingerprint density at radius 2 is 1.72 bits per heavy atom. The molecule has 1 aromatic carbocycles. The molecule has 2 heterocycles. The summed E-state index contributed by atoms with van der Waals surface area (Å²) in [6, 6.07) is 8.16. The first kappa shape index (κ1) is 18.4. The van der Waals surface area contributed by atoms with Crippen LogP contribution in [-0.4, -0.2) is 55.0 Å². The molecule has 4 nitrogen and oxygen atoms in total. The van der Waals surface area contributed by atoms with Crippen LogP contribution < -0.4 is 5.32 Å². The predicted molar refractivity (Wildman–Crippen MR) is 103 cm³/mol. The van der Waals surface area contributed by atoms with Crippen molar-refractivity contribution in [1.82, 2.24) is 15.1 Å². The molecular formula is C21H33N3O. The molecule has 2 aliphatic heterocycles. The van der Waals surface area contributed by atoms with Crippen LogP contribution in [0.15, 0.2) is 24.3 Å². The maximum absolute atomic E-state index is 12.2. The first-order chi connectivity index (χ1) is 12.2. The molecule has 2 saturated heterocycles. The molecule has 138 valence electrons. The summed E-state index contributed by atoms with van der Waals surface area (Å²) in [5.74, 6) is 0.924. The Morgan fingerprint density at radius 1 is 1.04 bits per heavy atom. The van der Waals surface area contributed by atoms with E-state index in [0.717, 1.165) is 37.5 Å². The molecule has 1 amide bonds. The molecule has 4 heteroatoms. The fraction of sp³-hybridized carbons (Fsp3) is 0.667. The molecule has 0 radical (unpaired) electrons. The molecular weight excluding hydrogens is 310 g/mol. The largest absolute Gasteiger partial charge is 0.352 e. The minimum atomic E-state index is 0.0553. The van der Waals surface area contributed by atoms with Crippen molar-refractivity contribution >= 4 is 5.91 Å². The van der Waals surface area contributed by atoms with Gasteiger partial charge in [0.1, 0.15) is 0 Å². The number of hydrogen-bond acceptors (Lipinski definition) is 3. The maximum atomic E-state index is 12.2. The van der Waals surface area contributed by atoms with Gasteiger partial charge >= 0.3 is 0 Å². The van der Waals surface area contributed by atoms with Gasteiger partial charge in [0.15, 0.2) is 0 Å². The van der Waals surface area contributed by atoms with E-state index in [0.29, 0.717) is 0 Å². The van der Waals surface area contributed by atoms with Crippen LogP contribution in [-0.2, 0) is 6.54 Å². The van der Waals surface area contributed by atoms with E-state index in [1.165, 1.54) is 57.4 Å². The van der Waals surface area contributed by atoms with Gasteiger partial charge in [0.25, 0.3) is 5.91 Å². The second-order valence-corrected chi connectivity index (χ2v) is 7.81. The van der Waals surface area contributed by atoms with Gasteiger partial charge in [0.2, 0.25) is 0 Å². The highest BCUT2D eigenvalue weighted by atomic mass is 16.1. The lowest BCUT2D eigenvalue weighted by atomic mass is 9.99. The van der Waals surface area contributed by atoms with E-state index in [9.17, 15) is 4.79 Å². The second-order valence-electron chi connectivity index (χ2n) is 7.81. The molecule has 0 bridgehead atoms. The van der Waals surface area contributed by atoms with E-state index in [1.807, 2.05) is 12.1 Å². The predicted octanol–water partition coefficient (Wildman–Crippen LogP) is 3.13. The average Bonchev–Trinajstić information content (AvgIpc) is 3.15. The van der Waals surface area contributed by atoms with Gasteiger partial charge in [-0.3, -0.25) is 9.69 Å². The van der Waals surface area contributed by atoms with Gasteiger partial charge in [-0.1, -0.05) is 19.1 Å². The highest BCUT2D eigenvalue weighted by Crippen LogP contribution is 2.18. The van der Waals surface area contributed by atoms with Gasteiger partial charge in [-0.2, -0.15) is 0 Å². The Labute approximate surface area is 152 Å². The first-order valence-corrected chi connectivity index (χ1v) is 10.0. The molecule has 0 unspecified atom stereocenters. The Hall–Kier alpha value is -1.39. The van der Waals surface area contributed by atoms with Gasteiger partial charge < -0.3 is 10.2 Å². The molecule has 1 aromatic rings. The zero-order valence-electron chi connectivity index (χ0n) is 15.7. The van der Waals surface area contributed by atoms with E-state index in [1.54, 1.807) is 0 Å². The fourth-order valence-corrected chi connectivity index (χ4v) is 3.85. The molecule has 0 saturated carbocycles. The SMILES string of the molecule is CC1CCN(Cc2ccc(C(=O)NCCCN3CCCC3)cc2)CC1. The van der Waals surface area contributed by atoms with Crippen molar-refractivity contribution in [2.45, 2.75) is 45.6 Å². The number of piperidine rings is 1. The third-order valence-electron chi connectivity index (χ3n) is 5.63. The van der Waals surface area contributed by atoms with Crippen LogP contribution in [0.5, 0.6) is 0 Å². The van der Waals surface area contributed by atoms with Gasteiger partial charge in [-0.25, -0.2) is 0 Å². The highest BCUT2D eigenvalue weighted by molar-refractivity contribution is 5.94. The Kier molecular flexibility index (Phi) is 6.88. The van der Waals surface area contributed by atoms with Crippen LogP contribution in [0.3, 0.4) is 0 Å². The lowest BCUT2D eigenvalue weighted by molar-refractivity contribution is 0.0952. The number of likely N-dealkylation sites (tertiary alicyclic amines) is 2. The van der Waals surface area contributed by atoms with E-state index in [-0.39, 0.29) is 5.91 Å². The van der Waals surface area contributed by atoms with Crippen molar-refractivity contribution in [3.8, 4) is 0 Å². The van der Waals surface area contributed by atoms with Crippen molar-refractivity contribution in [3.63, 3.8) is 0 Å². The first-order valence-electron chi connectivity index (χ1n) is 10.0. The third-order valence-corrected chi connectivity index (χ3v) is 5.63. The highest BCUT2D eigenvalue weighted by Gasteiger charge is 2.16. The Bertz CT molecular complexity index is 529. The van der Waals surface area contributed by atoms with E-state index >= 15 is 0 Å². The normalized spacial score (nSPS) is 20.0. The minimum absolute atomic E-state index is 0.0553. The monoisotopic (exact) mass is 343 g/mol. The molecule has 2 aliphatic rings. The molecule has 0 spiro atoms. The topological polar surface area (TPSA) is 35.6 Å². The van der Waals surface area contributed by atoms with Crippen molar-refractivity contribution in [3.05, 3.63) is 35.4 Å². The summed E-state index contributed by atoms with van der Waals surface area (Å²) in [4.78, 5) is 17.3. The zero-order chi connectivity index (χ0) is 17.5. The molecule has 0 aliphatic carbocycles. The summed E-state index contributed by atoms with van der Waals surface area (Å²) in [6.07, 6.45) is 6.30. The van der Waals surface area contributed by atoms with Crippen LogP contribution in [0.4, 0.5) is 0 Å². The molecule has 0 atom stereocenters. The number of hydrogen-bond donors (Lipinski definition) is 1. The Balaban J connectivity index is 1.37. The quantitative estimate of drug-likeness (QED) is 0.773. The molecule has 25 heavy (non-hydrogen) atoms. The zero-order valence-corrected chi connectivity index (χ0v) is 15.7. The number of rotatable bonds is 7. The van der Waals surface area contributed by atoms with Crippen molar-refractivity contribution < 1.29 is 4.79 Å². The van der Waals surface area contributed by atoms with Crippen molar-refractivity contribution in [1.29, 1.82) is 0 Å². The number of benzene rings is 1. The summed E-state index contributed by atoms with van der Waals surface area (Å²) in [7, 11) is 0. The van der Waals surface area contributed by atoms with Gasteiger partial charge in [-0.05, 0) is 88.4 Å². The molecule has 1 N–H and O–H groups in total. The van der Waals surface area contributed by atoms with E-state index < -0.39 is 0 Å². The number of amides is 1. The van der Waals surface area contributed by atoms with Crippen LogP contribution in [0.1, 0.15) is 54.9 Å². The molecule has 0 aromatic heterocycles. The van der Waals surface area contributed by atoms with E-state index in [2.05, 4.69) is 34.2 Å². The van der Waals surface area contributed by atoms with Gasteiger partial charge in [0, 0.05) is 18.7 Å². The lowest BCUT2D eigenvalue weighted by Crippen LogP contribution is -2.32. The summed E-state index contributed by atoms with van der Waals surface area (Å²) in [5, 5.41) is 3.05. The number of nitrogens with one attached hydrogen (secondary N) is 1. The standard InChI is InChI=1S/C21H33N3O/c1-18-9-15-24(16-10-18)17-19-5-7-20(8-6-19)21(25)22-11-4-14-23-12-2-3-13-23/h5-8,18H,2-4,9-17H2,1H3,(H,22,25). The average molecular weight is 344 g/mol. The van der Waals surface area contributed by atoms with Crippen molar-refractivity contribution in [2.24, 2.45) is 5.92 Å². The smallest absolute Gasteiger partial charge is 0.251 e. The van der Waals surface area contributed by atoms with Crippen LogP contribution in [0.25, 0.3) is 0 Å². The summed E-state index contributed by atoms with van der Waals surface area (Å²) < 4.78 is 0. The summed E-state index contributed by atoms with van der Waals surface area (Å²) in [6.45, 7) is 10.1. The number of carbonyl (C=O) groups excluding carboxylic acids is 1. The maximum Gasteiger partial charge on any atom is 0.251 e. The molecule has 3 rings (SSSR count). The number of carbonyl (C=O) groups is 1. The third kappa shape index (κ3) is 5.82. The number of nitrogens with zero attached hydrogens (tertiary/aromatic N) is 2. The summed E-state index contributed by atoms with van der Waals surface area (Å²) in [5.41, 5.74) is 2.08. The van der Waals surface area contributed by atoms with Gasteiger partial charge in [-0.15, -0.1) is 0 Å². The minimum Gasteiger partial charge on any atom is -0.352 e. The van der Waals surface area contributed by atoms with Gasteiger partial charge in [0.05, 0.1) is 0 Å². The Morgan fingerprint density at radius 3 is 2.40 bits per heavy atom. The second kappa shape index (κ2) is 9.35. The van der Waals surface area contributed by atoms with Crippen LogP contribution in [0.2, 0.25) is 0 Å².